The molecule has 7 heteroatoms. The van der Waals surface area contributed by atoms with Crippen LogP contribution in [0.2, 0.25) is 0 Å². The van der Waals surface area contributed by atoms with E-state index in [1.54, 1.807) is 12.1 Å². The molecule has 176 valence electrons. The minimum Gasteiger partial charge on any atom is -0.506 e. The number of hydrogen-bond donors (Lipinski definition) is 6. The fourth-order valence-electron chi connectivity index (χ4n) is 3.97. The van der Waals surface area contributed by atoms with Crippen molar-refractivity contribution in [1.82, 2.24) is 10.3 Å². The predicted octanol–water partition coefficient (Wildman–Crippen LogP) is 3.21. The third-order valence-electron chi connectivity index (χ3n) is 5.90. The maximum Gasteiger partial charge on any atom is 0.248 e. The van der Waals surface area contributed by atoms with Gasteiger partial charge in [-0.3, -0.25) is 4.79 Å². The largest absolute Gasteiger partial charge is 0.506 e. The highest BCUT2D eigenvalue weighted by atomic mass is 16.3. The Bertz CT molecular complexity index is 1270. The standard InChI is InChI=1S/C27H30N4O3/c28-23(19-4-2-1-3-5-19)16-30-20-8-6-18(7-9-20)14-15-29-17-25(33)21-10-12-24(32)27-22(21)11-13-26(34)31-27/h1-13,23,25,29-30,32-33H,14-17,28H2,(H,31,34)/t23-,25+/m0/s1. The van der Waals surface area contributed by atoms with Crippen LogP contribution in [0, 0.1) is 0 Å². The van der Waals surface area contributed by atoms with Gasteiger partial charge >= 0.3 is 0 Å². The maximum absolute atomic E-state index is 11.6. The summed E-state index contributed by atoms with van der Waals surface area (Å²) >= 11 is 0. The summed E-state index contributed by atoms with van der Waals surface area (Å²) in [5.74, 6) is -0.0170. The number of fused-ring (bicyclic) bond motifs is 1. The molecule has 0 aliphatic heterocycles. The van der Waals surface area contributed by atoms with Crippen molar-refractivity contribution in [3.8, 4) is 5.75 Å². The zero-order valence-corrected chi connectivity index (χ0v) is 18.9. The second-order valence-electron chi connectivity index (χ2n) is 8.35. The van der Waals surface area contributed by atoms with E-state index in [-0.39, 0.29) is 17.4 Å². The van der Waals surface area contributed by atoms with E-state index in [1.807, 2.05) is 42.5 Å². The number of aromatic nitrogens is 1. The topological polar surface area (TPSA) is 123 Å². The number of benzene rings is 3. The van der Waals surface area contributed by atoms with Crippen LogP contribution in [-0.4, -0.2) is 34.8 Å². The molecular weight excluding hydrogens is 428 g/mol. The van der Waals surface area contributed by atoms with Crippen molar-refractivity contribution >= 4 is 16.6 Å². The number of anilines is 1. The quantitative estimate of drug-likeness (QED) is 0.203. The van der Waals surface area contributed by atoms with Gasteiger partial charge in [-0.25, -0.2) is 0 Å². The highest BCUT2D eigenvalue weighted by Crippen LogP contribution is 2.28. The molecule has 2 atom stereocenters. The van der Waals surface area contributed by atoms with E-state index in [2.05, 4.69) is 27.8 Å². The monoisotopic (exact) mass is 458 g/mol. The molecule has 1 heterocycles. The van der Waals surface area contributed by atoms with Crippen molar-refractivity contribution in [1.29, 1.82) is 0 Å². The van der Waals surface area contributed by atoms with Crippen molar-refractivity contribution in [3.05, 3.63) is 106 Å². The Balaban J connectivity index is 1.24. The van der Waals surface area contributed by atoms with Gasteiger partial charge in [-0.05, 0) is 53.9 Å². The maximum atomic E-state index is 11.6. The summed E-state index contributed by atoms with van der Waals surface area (Å²) in [6.45, 7) is 1.72. The van der Waals surface area contributed by atoms with Gasteiger partial charge in [0.25, 0.3) is 0 Å². The Hall–Kier alpha value is -3.65. The number of aromatic amines is 1. The van der Waals surface area contributed by atoms with Crippen LogP contribution in [0.15, 0.2) is 83.7 Å². The lowest BCUT2D eigenvalue weighted by Crippen LogP contribution is -2.24. The van der Waals surface area contributed by atoms with Gasteiger partial charge in [0.1, 0.15) is 5.75 Å². The van der Waals surface area contributed by atoms with Crippen LogP contribution >= 0.6 is 0 Å². The van der Waals surface area contributed by atoms with Crippen LogP contribution < -0.4 is 21.9 Å². The first-order chi connectivity index (χ1) is 16.5. The molecule has 0 spiro atoms. The van der Waals surface area contributed by atoms with Crippen molar-refractivity contribution in [2.75, 3.05) is 25.0 Å². The fraction of sp³-hybridized carbons (Fsp3) is 0.222. The molecule has 0 amide bonds. The zero-order valence-electron chi connectivity index (χ0n) is 18.9. The predicted molar refractivity (Wildman–Crippen MR) is 136 cm³/mol. The highest BCUT2D eigenvalue weighted by Gasteiger charge is 2.13. The molecule has 0 aliphatic rings. The normalized spacial score (nSPS) is 13.0. The van der Waals surface area contributed by atoms with E-state index in [1.165, 1.54) is 17.7 Å². The number of aliphatic hydroxyl groups excluding tert-OH is 1. The molecule has 34 heavy (non-hydrogen) atoms. The number of aliphatic hydroxyl groups is 1. The first-order valence-corrected chi connectivity index (χ1v) is 11.4. The lowest BCUT2D eigenvalue weighted by atomic mass is 10.0. The van der Waals surface area contributed by atoms with Gasteiger partial charge in [-0.15, -0.1) is 0 Å². The number of aromatic hydroxyl groups is 1. The van der Waals surface area contributed by atoms with E-state index >= 15 is 0 Å². The zero-order chi connectivity index (χ0) is 23.9. The summed E-state index contributed by atoms with van der Waals surface area (Å²) in [6.07, 6.45) is 0.0505. The number of H-pyrrole nitrogens is 1. The minimum absolute atomic E-state index is 0.0170. The number of nitrogens with two attached hydrogens (primary N) is 1. The van der Waals surface area contributed by atoms with Gasteiger partial charge in [0, 0.05) is 36.3 Å². The summed E-state index contributed by atoms with van der Waals surface area (Å²) in [4.78, 5) is 14.2. The Morgan fingerprint density at radius 2 is 1.68 bits per heavy atom. The van der Waals surface area contributed by atoms with Gasteiger partial charge < -0.3 is 31.6 Å². The van der Waals surface area contributed by atoms with Gasteiger partial charge in [-0.1, -0.05) is 48.5 Å². The number of phenolic OH excluding ortho intramolecular Hbond substituents is 1. The Morgan fingerprint density at radius 3 is 2.44 bits per heavy atom. The van der Waals surface area contributed by atoms with Gasteiger partial charge in [0.2, 0.25) is 5.56 Å². The van der Waals surface area contributed by atoms with Gasteiger partial charge in [-0.2, -0.15) is 0 Å². The highest BCUT2D eigenvalue weighted by molar-refractivity contribution is 5.87. The Morgan fingerprint density at radius 1 is 0.912 bits per heavy atom. The average Bonchev–Trinajstić information content (AvgIpc) is 2.87. The average molecular weight is 459 g/mol. The molecular formula is C27H30N4O3. The second-order valence-corrected chi connectivity index (χ2v) is 8.35. The molecule has 0 aliphatic carbocycles. The number of rotatable bonds is 10. The summed E-state index contributed by atoms with van der Waals surface area (Å²) < 4.78 is 0. The van der Waals surface area contributed by atoms with Crippen molar-refractivity contribution in [2.24, 2.45) is 5.73 Å². The van der Waals surface area contributed by atoms with Crippen molar-refractivity contribution in [3.63, 3.8) is 0 Å². The molecule has 0 radical (unpaired) electrons. The summed E-state index contributed by atoms with van der Waals surface area (Å²) in [5.41, 5.74) is 10.3. The Labute approximate surface area is 198 Å². The van der Waals surface area contributed by atoms with Crippen molar-refractivity contribution in [2.45, 2.75) is 18.6 Å². The fourth-order valence-corrected chi connectivity index (χ4v) is 3.97. The van der Waals surface area contributed by atoms with E-state index in [4.69, 9.17) is 5.73 Å². The molecule has 3 aromatic carbocycles. The van der Waals surface area contributed by atoms with E-state index in [9.17, 15) is 15.0 Å². The molecule has 4 aromatic rings. The smallest absolute Gasteiger partial charge is 0.248 e. The first kappa shape index (κ1) is 23.5. The summed E-state index contributed by atoms with van der Waals surface area (Å²) in [7, 11) is 0. The molecule has 7 N–H and O–H groups in total. The van der Waals surface area contributed by atoms with Crippen LogP contribution in [0.4, 0.5) is 5.69 Å². The lowest BCUT2D eigenvalue weighted by molar-refractivity contribution is 0.176. The molecule has 1 aromatic heterocycles. The molecule has 0 saturated heterocycles. The number of pyridine rings is 1. The second kappa shape index (κ2) is 11.0. The van der Waals surface area contributed by atoms with E-state index in [0.29, 0.717) is 36.1 Å². The number of hydrogen-bond acceptors (Lipinski definition) is 6. The molecule has 4 rings (SSSR count). The first-order valence-electron chi connectivity index (χ1n) is 11.4. The summed E-state index contributed by atoms with van der Waals surface area (Å²) in [6, 6.07) is 24.4. The minimum atomic E-state index is -0.769. The number of phenols is 1. The summed E-state index contributed by atoms with van der Waals surface area (Å²) in [5, 5.41) is 27.9. The molecule has 0 saturated carbocycles. The third kappa shape index (κ3) is 5.82. The Kier molecular flexibility index (Phi) is 7.59. The van der Waals surface area contributed by atoms with Crippen LogP contribution in [0.3, 0.4) is 0 Å². The molecule has 0 fully saturated rings. The van der Waals surface area contributed by atoms with Crippen LogP contribution in [-0.2, 0) is 6.42 Å². The van der Waals surface area contributed by atoms with Crippen molar-refractivity contribution < 1.29 is 10.2 Å². The molecule has 7 nitrogen and oxygen atoms in total. The van der Waals surface area contributed by atoms with E-state index < -0.39 is 6.10 Å². The molecule has 0 bridgehead atoms. The van der Waals surface area contributed by atoms with Gasteiger partial charge in [0.05, 0.1) is 11.6 Å². The van der Waals surface area contributed by atoms with Gasteiger partial charge in [0.15, 0.2) is 0 Å². The third-order valence-corrected chi connectivity index (χ3v) is 5.90. The van der Waals surface area contributed by atoms with Crippen LogP contribution in [0.5, 0.6) is 5.75 Å². The SMILES string of the molecule is N[C@@H](CNc1ccc(CCNC[C@@H](O)c2ccc(O)c3[nH]c(=O)ccc23)cc1)c1ccccc1. The van der Waals surface area contributed by atoms with Crippen LogP contribution in [0.1, 0.15) is 28.8 Å². The lowest BCUT2D eigenvalue weighted by Gasteiger charge is -2.16. The van der Waals surface area contributed by atoms with E-state index in [0.717, 1.165) is 17.7 Å². The number of nitrogens with one attached hydrogen (secondary N) is 3. The molecule has 0 unspecified atom stereocenters. The van der Waals surface area contributed by atoms with Crippen LogP contribution in [0.25, 0.3) is 10.9 Å².